The van der Waals surface area contributed by atoms with Crippen LogP contribution in [0.5, 0.6) is 0 Å². The molecule has 2 heterocycles. The Labute approximate surface area is 126 Å². The summed E-state index contributed by atoms with van der Waals surface area (Å²) < 4.78 is 5.13. The van der Waals surface area contributed by atoms with Gasteiger partial charge in [-0.2, -0.15) is 4.98 Å². The van der Waals surface area contributed by atoms with Crippen LogP contribution in [0, 0.1) is 12.3 Å². The predicted octanol–water partition coefficient (Wildman–Crippen LogP) is 2.11. The molecular weight excluding hydrogens is 266 g/mol. The lowest BCUT2D eigenvalue weighted by molar-refractivity contribution is 0.309. The van der Waals surface area contributed by atoms with E-state index < -0.39 is 0 Å². The number of nitrogens with one attached hydrogen (secondary N) is 1. The second kappa shape index (κ2) is 6.03. The summed E-state index contributed by atoms with van der Waals surface area (Å²) in [6.45, 7) is 7.51. The molecular formula is C15H25N5O. The third-order valence-corrected chi connectivity index (χ3v) is 4.67. The smallest absolute Gasteiger partial charge is 0.248 e. The lowest BCUT2D eigenvalue weighted by Gasteiger charge is -2.25. The molecule has 116 valence electrons. The van der Waals surface area contributed by atoms with Crippen molar-refractivity contribution in [2.45, 2.75) is 52.5 Å². The third kappa shape index (κ3) is 3.19. The highest BCUT2D eigenvalue weighted by molar-refractivity contribution is 5.80. The van der Waals surface area contributed by atoms with Crippen molar-refractivity contribution in [3.05, 3.63) is 11.7 Å². The van der Waals surface area contributed by atoms with E-state index in [0.29, 0.717) is 23.7 Å². The van der Waals surface area contributed by atoms with Gasteiger partial charge in [-0.05, 0) is 38.5 Å². The molecule has 1 spiro atoms. The van der Waals surface area contributed by atoms with Crippen molar-refractivity contribution >= 4 is 5.96 Å². The Morgan fingerprint density at radius 1 is 1.38 bits per heavy atom. The zero-order valence-corrected chi connectivity index (χ0v) is 13.1. The molecule has 1 saturated carbocycles. The number of rotatable bonds is 3. The molecule has 0 unspecified atom stereocenters. The van der Waals surface area contributed by atoms with Crippen LogP contribution in [0.25, 0.3) is 0 Å². The number of nitrogens with zero attached hydrogens (tertiary/aromatic N) is 4. The predicted molar refractivity (Wildman–Crippen MR) is 80.9 cm³/mol. The summed E-state index contributed by atoms with van der Waals surface area (Å²) in [5.41, 5.74) is 0.553. The summed E-state index contributed by atoms with van der Waals surface area (Å²) in [6.07, 6.45) is 6.85. The van der Waals surface area contributed by atoms with E-state index in [-0.39, 0.29) is 0 Å². The Hall–Kier alpha value is -1.59. The quantitative estimate of drug-likeness (QED) is 0.682. The van der Waals surface area contributed by atoms with Crippen molar-refractivity contribution in [2.75, 3.05) is 19.6 Å². The average molecular weight is 291 g/mol. The molecule has 0 amide bonds. The molecule has 6 heteroatoms. The van der Waals surface area contributed by atoms with E-state index >= 15 is 0 Å². The van der Waals surface area contributed by atoms with Crippen LogP contribution in [0.3, 0.4) is 0 Å². The van der Waals surface area contributed by atoms with E-state index in [1.54, 1.807) is 0 Å². The van der Waals surface area contributed by atoms with E-state index in [1.165, 1.54) is 32.1 Å². The summed E-state index contributed by atoms with van der Waals surface area (Å²) in [5, 5.41) is 7.20. The second-order valence-electron chi connectivity index (χ2n) is 6.28. The SMILES string of the molecule is CCNC(=NCc1nc(C)no1)N1CCC2(CCCC2)C1. The normalized spacial score (nSPS) is 21.4. The molecule has 2 fully saturated rings. The first-order valence-electron chi connectivity index (χ1n) is 8.03. The number of aliphatic imine (C=N–C) groups is 1. The second-order valence-corrected chi connectivity index (χ2v) is 6.28. The standard InChI is InChI=1S/C15H25N5O/c1-3-16-14(17-10-13-18-12(2)19-21-13)20-9-8-15(11-20)6-4-5-7-15/h3-11H2,1-2H3,(H,16,17). The fourth-order valence-electron chi connectivity index (χ4n) is 3.62. The summed E-state index contributed by atoms with van der Waals surface area (Å²) in [4.78, 5) is 11.3. The van der Waals surface area contributed by atoms with E-state index in [1.807, 2.05) is 6.92 Å². The van der Waals surface area contributed by atoms with Crippen molar-refractivity contribution in [1.29, 1.82) is 0 Å². The zero-order chi connectivity index (χ0) is 14.7. The van der Waals surface area contributed by atoms with Gasteiger partial charge in [0.1, 0.15) is 6.54 Å². The molecule has 2 aliphatic rings. The van der Waals surface area contributed by atoms with Crippen LogP contribution in [0.1, 0.15) is 50.7 Å². The Morgan fingerprint density at radius 2 is 2.19 bits per heavy atom. The average Bonchev–Trinajstić information content (AvgIpc) is 3.19. The summed E-state index contributed by atoms with van der Waals surface area (Å²) in [6, 6.07) is 0. The molecule has 0 aromatic carbocycles. The monoisotopic (exact) mass is 291 g/mol. The van der Waals surface area contributed by atoms with E-state index in [2.05, 4.69) is 32.3 Å². The van der Waals surface area contributed by atoms with Crippen LogP contribution in [-0.2, 0) is 6.54 Å². The number of guanidine groups is 1. The number of aromatic nitrogens is 2. The Balaban J connectivity index is 1.66. The van der Waals surface area contributed by atoms with Crippen molar-refractivity contribution in [3.63, 3.8) is 0 Å². The zero-order valence-electron chi connectivity index (χ0n) is 13.1. The van der Waals surface area contributed by atoms with Crippen LogP contribution in [0.4, 0.5) is 0 Å². The van der Waals surface area contributed by atoms with Gasteiger partial charge in [0.25, 0.3) is 0 Å². The molecule has 1 aliphatic carbocycles. The first-order valence-corrected chi connectivity index (χ1v) is 8.03. The number of aryl methyl sites for hydroxylation is 1. The molecule has 6 nitrogen and oxygen atoms in total. The van der Waals surface area contributed by atoms with Crippen LogP contribution >= 0.6 is 0 Å². The highest BCUT2D eigenvalue weighted by Crippen LogP contribution is 2.45. The minimum absolute atomic E-state index is 0.451. The maximum Gasteiger partial charge on any atom is 0.248 e. The van der Waals surface area contributed by atoms with Crippen LogP contribution in [-0.4, -0.2) is 40.6 Å². The summed E-state index contributed by atoms with van der Waals surface area (Å²) in [7, 11) is 0. The first-order chi connectivity index (χ1) is 10.2. The maximum atomic E-state index is 5.13. The molecule has 0 radical (unpaired) electrons. The van der Waals surface area contributed by atoms with Crippen molar-refractivity contribution in [3.8, 4) is 0 Å². The highest BCUT2D eigenvalue weighted by atomic mass is 16.5. The molecule has 1 N–H and O–H groups in total. The minimum atomic E-state index is 0.451. The van der Waals surface area contributed by atoms with Gasteiger partial charge in [-0.25, -0.2) is 4.99 Å². The lowest BCUT2D eigenvalue weighted by Crippen LogP contribution is -2.41. The Kier molecular flexibility index (Phi) is 4.12. The molecule has 0 atom stereocenters. The van der Waals surface area contributed by atoms with Crippen molar-refractivity contribution in [1.82, 2.24) is 20.4 Å². The molecule has 0 bridgehead atoms. The molecule has 1 aromatic heterocycles. The largest absolute Gasteiger partial charge is 0.357 e. The molecule has 1 saturated heterocycles. The van der Waals surface area contributed by atoms with Gasteiger partial charge in [0.05, 0.1) is 0 Å². The number of hydrogen-bond acceptors (Lipinski definition) is 4. The van der Waals surface area contributed by atoms with Crippen molar-refractivity contribution < 1.29 is 4.52 Å². The van der Waals surface area contributed by atoms with Gasteiger partial charge in [0.15, 0.2) is 11.8 Å². The molecule has 1 aromatic rings. The summed E-state index contributed by atoms with van der Waals surface area (Å²) >= 11 is 0. The highest BCUT2D eigenvalue weighted by Gasteiger charge is 2.41. The van der Waals surface area contributed by atoms with Gasteiger partial charge in [-0.15, -0.1) is 0 Å². The van der Waals surface area contributed by atoms with Crippen LogP contribution in [0.15, 0.2) is 9.52 Å². The number of likely N-dealkylation sites (tertiary alicyclic amines) is 1. The van der Waals surface area contributed by atoms with Gasteiger partial charge in [0.2, 0.25) is 5.89 Å². The van der Waals surface area contributed by atoms with Gasteiger partial charge < -0.3 is 14.7 Å². The maximum absolute atomic E-state index is 5.13. The van der Waals surface area contributed by atoms with Gasteiger partial charge >= 0.3 is 0 Å². The van der Waals surface area contributed by atoms with Crippen LogP contribution in [0.2, 0.25) is 0 Å². The fraction of sp³-hybridized carbons (Fsp3) is 0.800. The number of hydrogen-bond donors (Lipinski definition) is 1. The lowest BCUT2D eigenvalue weighted by atomic mass is 9.86. The Bertz CT molecular complexity index is 504. The van der Waals surface area contributed by atoms with E-state index in [0.717, 1.165) is 25.6 Å². The topological polar surface area (TPSA) is 66.5 Å². The molecule has 3 rings (SSSR count). The first kappa shape index (κ1) is 14.4. The van der Waals surface area contributed by atoms with Crippen molar-refractivity contribution in [2.24, 2.45) is 10.4 Å². The molecule has 21 heavy (non-hydrogen) atoms. The Morgan fingerprint density at radius 3 is 2.86 bits per heavy atom. The van der Waals surface area contributed by atoms with Gasteiger partial charge in [-0.1, -0.05) is 18.0 Å². The van der Waals surface area contributed by atoms with E-state index in [9.17, 15) is 0 Å². The van der Waals surface area contributed by atoms with Gasteiger partial charge in [-0.3, -0.25) is 0 Å². The molecule has 1 aliphatic heterocycles. The van der Waals surface area contributed by atoms with Gasteiger partial charge in [0, 0.05) is 19.6 Å². The third-order valence-electron chi connectivity index (χ3n) is 4.67. The van der Waals surface area contributed by atoms with Crippen LogP contribution < -0.4 is 5.32 Å². The minimum Gasteiger partial charge on any atom is -0.357 e. The summed E-state index contributed by atoms with van der Waals surface area (Å²) in [5.74, 6) is 2.23. The van der Waals surface area contributed by atoms with E-state index in [4.69, 9.17) is 4.52 Å². The fourth-order valence-corrected chi connectivity index (χ4v) is 3.62.